The van der Waals surface area contributed by atoms with Crippen LogP contribution in [0.3, 0.4) is 0 Å². The van der Waals surface area contributed by atoms with Gasteiger partial charge >= 0.3 is 326 Å². The molecule has 0 fully saturated rings. The van der Waals surface area contributed by atoms with Crippen LogP contribution in [0.25, 0.3) is 11.1 Å². The molecule has 0 heterocycles. The summed E-state index contributed by atoms with van der Waals surface area (Å²) in [4.78, 5) is 0. The second kappa shape index (κ2) is 13.4. The Hall–Kier alpha value is -1.15. The van der Waals surface area contributed by atoms with Gasteiger partial charge in [0.25, 0.3) is 0 Å². The number of hydrogen-bond acceptors (Lipinski definition) is 0. The Morgan fingerprint density at radius 1 is 0.500 bits per heavy atom. The number of hydrogen-bond donors (Lipinski definition) is 0. The molecule has 0 unspecified atom stereocenters. The van der Waals surface area contributed by atoms with Crippen LogP contribution >= 0.6 is 69.6 Å². The summed E-state index contributed by atoms with van der Waals surface area (Å²) < 4.78 is -1.08. The quantitative estimate of drug-likeness (QED) is 0.180. The molecule has 2 aliphatic carbocycles. The van der Waals surface area contributed by atoms with Crippen molar-refractivity contribution < 1.29 is 21.3 Å². The van der Waals surface area contributed by atoms with E-state index in [0.29, 0.717) is 14.8 Å². The molecule has 6 rings (SSSR count). The maximum atomic E-state index is 6.32. The third-order valence-corrected chi connectivity index (χ3v) is 19.4. The summed E-state index contributed by atoms with van der Waals surface area (Å²) in [5.74, 6) is 0. The third kappa shape index (κ3) is 7.42. The van der Waals surface area contributed by atoms with Crippen LogP contribution in [0.15, 0.2) is 109 Å². The van der Waals surface area contributed by atoms with Crippen LogP contribution in [0.2, 0.25) is 3.63 Å². The van der Waals surface area contributed by atoms with E-state index in [1.165, 1.54) is 36.6 Å². The fraction of sp³-hybridized carbons (Fsp3) is 0.293. The molecule has 4 aromatic carbocycles. The van der Waals surface area contributed by atoms with Crippen molar-refractivity contribution in [1.29, 1.82) is 0 Å². The number of allylic oxidation sites excluding steroid dienone is 4. The summed E-state index contributed by atoms with van der Waals surface area (Å²) >= 11 is 35.0. The molecule has 48 heavy (non-hydrogen) atoms. The molecule has 7 heteroatoms. The van der Waals surface area contributed by atoms with E-state index in [0.717, 1.165) is 11.1 Å². The van der Waals surface area contributed by atoms with Gasteiger partial charge in [0.2, 0.25) is 0 Å². The average molecular weight is 835 g/mol. The topological polar surface area (TPSA) is 0 Å². The average Bonchev–Trinajstić information content (AvgIpc) is 3.65. The second-order valence-electron chi connectivity index (χ2n) is 14.8. The molecule has 4 aromatic rings. The number of fused-ring (bicyclic) bond motifs is 3. The van der Waals surface area contributed by atoms with Crippen LogP contribution in [-0.4, -0.2) is 3.21 Å². The van der Waals surface area contributed by atoms with Gasteiger partial charge in [-0.15, -0.1) is 0 Å². The van der Waals surface area contributed by atoms with Crippen molar-refractivity contribution in [3.8, 4) is 11.1 Å². The van der Waals surface area contributed by atoms with Crippen LogP contribution in [0, 0.1) is 0 Å². The van der Waals surface area contributed by atoms with E-state index in [1.54, 1.807) is 0 Å². The molecule has 0 N–H and O–H groups in total. The number of alkyl halides is 6. The number of rotatable bonds is 4. The molecule has 0 amide bonds. The molecule has 2 aliphatic rings. The Labute approximate surface area is 323 Å². The molecule has 0 saturated heterocycles. The first-order valence-electron chi connectivity index (χ1n) is 16.1. The molecular formula is C41H38Cl6Zr. The summed E-state index contributed by atoms with van der Waals surface area (Å²) in [5.41, 5.74) is 11.8. The molecule has 0 aliphatic heterocycles. The van der Waals surface area contributed by atoms with Crippen molar-refractivity contribution >= 4 is 72.8 Å². The van der Waals surface area contributed by atoms with Crippen LogP contribution in [0.5, 0.6) is 0 Å². The predicted octanol–water partition coefficient (Wildman–Crippen LogP) is 13.8. The van der Waals surface area contributed by atoms with Crippen molar-refractivity contribution in [1.82, 2.24) is 0 Å². The zero-order valence-corrected chi connectivity index (χ0v) is 34.8. The van der Waals surface area contributed by atoms with Gasteiger partial charge in [-0.1, -0.05) is 0 Å². The van der Waals surface area contributed by atoms with E-state index in [-0.39, 0.29) is 14.5 Å². The van der Waals surface area contributed by atoms with Crippen molar-refractivity contribution in [2.45, 2.75) is 67.2 Å². The van der Waals surface area contributed by atoms with Crippen molar-refractivity contribution in [3.05, 3.63) is 154 Å². The van der Waals surface area contributed by atoms with Crippen molar-refractivity contribution in [2.24, 2.45) is 0 Å². The van der Waals surface area contributed by atoms with Crippen molar-refractivity contribution in [3.63, 3.8) is 0 Å². The van der Waals surface area contributed by atoms with Crippen LogP contribution in [0.4, 0.5) is 0 Å². The molecule has 0 nitrogen and oxygen atoms in total. The normalized spacial score (nSPS) is 15.2. The maximum absolute atomic E-state index is 6.32. The summed E-state index contributed by atoms with van der Waals surface area (Å²) in [5, 5.41) is 0. The van der Waals surface area contributed by atoms with E-state index in [4.69, 9.17) is 69.6 Å². The number of benzene rings is 4. The summed E-state index contributed by atoms with van der Waals surface area (Å²) in [7, 11) is 0. The van der Waals surface area contributed by atoms with E-state index in [9.17, 15) is 0 Å². The van der Waals surface area contributed by atoms with Gasteiger partial charge in [0.1, 0.15) is 0 Å². The molecule has 0 spiro atoms. The number of halogens is 6. The molecule has 0 atom stereocenters. The van der Waals surface area contributed by atoms with Gasteiger partial charge in [0.05, 0.1) is 0 Å². The van der Waals surface area contributed by atoms with Crippen molar-refractivity contribution in [2.75, 3.05) is 0 Å². The minimum atomic E-state index is -2.93. The van der Waals surface area contributed by atoms with Crippen LogP contribution < -0.4 is 0 Å². The van der Waals surface area contributed by atoms with E-state index in [2.05, 4.69) is 127 Å². The molecule has 248 valence electrons. The van der Waals surface area contributed by atoms with Gasteiger partial charge in [0, 0.05) is 0 Å². The molecule has 0 aromatic heterocycles. The van der Waals surface area contributed by atoms with Gasteiger partial charge in [-0.05, 0) is 0 Å². The van der Waals surface area contributed by atoms with Crippen LogP contribution in [0.1, 0.15) is 89.7 Å². The third-order valence-electron chi connectivity index (χ3n) is 9.46. The first kappa shape index (κ1) is 36.6. The first-order valence-corrected chi connectivity index (χ1v) is 22.4. The summed E-state index contributed by atoms with van der Waals surface area (Å²) in [6.45, 7) is 13.7. The Bertz CT molecular complexity index is 1810. The van der Waals surface area contributed by atoms with Gasteiger partial charge < -0.3 is 0 Å². The van der Waals surface area contributed by atoms with Gasteiger partial charge in [-0.2, -0.15) is 0 Å². The molecular weight excluding hydrogens is 796 g/mol. The van der Waals surface area contributed by atoms with E-state index >= 15 is 0 Å². The standard InChI is InChI=1S/C21H25.C15H8Cl6.C5H5.Zr/c1-20(2,3)16-9-7-14-11-15-8-10-17(21(4,5)6)13-19(15)18(14)12-16;16-14(17,18)12-5-1-10(2-6-12)9-11-3-7-13(8-4-11)15(19,20)21;1-2-4-5-3-1;/h7-13H,1-6H3;1-8H;1-5H;. The molecule has 0 bridgehead atoms. The fourth-order valence-corrected chi connectivity index (χ4v) is 17.0. The zero-order chi connectivity index (χ0) is 34.8. The Morgan fingerprint density at radius 3 is 1.19 bits per heavy atom. The van der Waals surface area contributed by atoms with Gasteiger partial charge in [-0.3, -0.25) is 0 Å². The predicted molar refractivity (Wildman–Crippen MR) is 208 cm³/mol. The van der Waals surface area contributed by atoms with Gasteiger partial charge in [-0.25, -0.2) is 0 Å². The SMILES string of the molecule is CC(C)(C)c1ccc2c(c1)-c1cc(C(C)(C)C)ccc1[CH]2[Zr](=[C](c1ccc(C(Cl)(Cl)Cl)cc1)c1ccc(C(Cl)(Cl)Cl)cc1)[CH]1C=CC=C1. The van der Waals surface area contributed by atoms with E-state index < -0.39 is 28.9 Å². The second-order valence-corrected chi connectivity index (χ2v) is 25.9. The van der Waals surface area contributed by atoms with E-state index in [1.807, 2.05) is 24.3 Å². The summed E-state index contributed by atoms with van der Waals surface area (Å²) in [6.07, 6.45) is 9.18. The van der Waals surface area contributed by atoms with Gasteiger partial charge in [0.15, 0.2) is 0 Å². The Balaban J connectivity index is 1.70. The summed E-state index contributed by atoms with van der Waals surface area (Å²) in [6, 6.07) is 30.6. The Kier molecular flexibility index (Phi) is 10.3. The fourth-order valence-electron chi connectivity index (χ4n) is 6.81. The monoisotopic (exact) mass is 830 g/mol. The zero-order valence-electron chi connectivity index (χ0n) is 27.8. The Morgan fingerprint density at radius 2 is 0.854 bits per heavy atom. The minimum absolute atomic E-state index is 0.0270. The van der Waals surface area contributed by atoms with Crippen LogP contribution in [-0.2, 0) is 39.7 Å². The molecule has 0 radical (unpaired) electrons. The first-order chi connectivity index (χ1) is 22.3. The molecule has 0 saturated carbocycles.